The number of rotatable bonds is 5. The van der Waals surface area contributed by atoms with Crippen LogP contribution in [0.1, 0.15) is 24.5 Å². The van der Waals surface area contributed by atoms with E-state index in [0.717, 1.165) is 11.0 Å². The van der Waals surface area contributed by atoms with Gasteiger partial charge in [-0.15, -0.1) is 0 Å². The molecule has 2 rings (SSSR count). The topological polar surface area (TPSA) is 41.8 Å². The third kappa shape index (κ3) is 4.68. The molecule has 130 valence electrons. The van der Waals surface area contributed by atoms with E-state index < -0.39 is 21.8 Å². The summed E-state index contributed by atoms with van der Waals surface area (Å²) >= 11 is 0. The molecule has 1 heterocycles. The van der Waals surface area contributed by atoms with Crippen molar-refractivity contribution in [1.82, 2.24) is 4.31 Å². The van der Waals surface area contributed by atoms with Crippen LogP contribution in [-0.4, -0.2) is 44.7 Å². The molecule has 0 unspecified atom stereocenters. The number of alkyl halides is 3. The van der Waals surface area contributed by atoms with E-state index in [1.54, 1.807) is 6.07 Å². The molecule has 1 aliphatic rings. The Balaban J connectivity index is 2.01. The molecule has 0 bridgehead atoms. The summed E-state index contributed by atoms with van der Waals surface area (Å²) in [6, 6.07) is 5.58. The van der Waals surface area contributed by atoms with Crippen molar-refractivity contribution in [1.29, 1.82) is 0 Å². The van der Waals surface area contributed by atoms with Crippen molar-refractivity contribution in [3.63, 3.8) is 0 Å². The van der Waals surface area contributed by atoms with E-state index in [-0.39, 0.29) is 17.9 Å². The Hall–Kier alpha value is -1.12. The Bertz CT molecular complexity index is 624. The van der Waals surface area contributed by atoms with E-state index >= 15 is 0 Å². The molecular weight excluding hydrogens is 329 g/mol. The van der Waals surface area contributed by atoms with Crippen molar-refractivity contribution < 1.29 is 26.5 Å². The van der Waals surface area contributed by atoms with Gasteiger partial charge in [0.1, 0.15) is 6.54 Å². The fraction of sp³-hybridized carbons (Fsp3) is 0.600. The molecule has 0 atom stereocenters. The van der Waals surface area contributed by atoms with Gasteiger partial charge in [-0.3, -0.25) is 0 Å². The first kappa shape index (κ1) is 18.2. The number of piperazine rings is 1. The summed E-state index contributed by atoms with van der Waals surface area (Å²) < 4.78 is 64.5. The maximum absolute atomic E-state index is 13.0. The second-order valence-electron chi connectivity index (χ2n) is 5.80. The normalized spacial score (nSPS) is 18.3. The zero-order valence-corrected chi connectivity index (χ0v) is 13.9. The van der Waals surface area contributed by atoms with Gasteiger partial charge in [0.15, 0.2) is 0 Å². The van der Waals surface area contributed by atoms with E-state index in [9.17, 15) is 21.6 Å². The van der Waals surface area contributed by atoms with Gasteiger partial charge in [0.05, 0.1) is 37.5 Å². The molecule has 1 fully saturated rings. The molecule has 1 saturated heterocycles. The van der Waals surface area contributed by atoms with Crippen LogP contribution in [0, 0.1) is 0 Å². The fourth-order valence-electron chi connectivity index (χ4n) is 2.86. The standard InChI is InChI=1S/C15H21F3N2O2S/c1-2-11-23(21,22)20-9-7-19(8-10-20)12-13-5-3-4-6-14(13)15(16,17)18/h3-6H,2,7-12H2,1H3/p+1. The number of benzene rings is 1. The highest BCUT2D eigenvalue weighted by atomic mass is 32.2. The van der Waals surface area contributed by atoms with E-state index in [2.05, 4.69) is 0 Å². The molecule has 1 aromatic carbocycles. The summed E-state index contributed by atoms with van der Waals surface area (Å²) in [5.74, 6) is 0.124. The first-order valence-electron chi connectivity index (χ1n) is 7.70. The lowest BCUT2D eigenvalue weighted by Gasteiger charge is -2.32. The third-order valence-electron chi connectivity index (χ3n) is 4.05. The second kappa shape index (κ2) is 7.19. The highest BCUT2D eigenvalue weighted by molar-refractivity contribution is 7.89. The Morgan fingerprint density at radius 2 is 1.78 bits per heavy atom. The van der Waals surface area contributed by atoms with Gasteiger partial charge in [-0.25, -0.2) is 8.42 Å². The minimum atomic E-state index is -4.36. The van der Waals surface area contributed by atoms with Crippen LogP contribution in [0.5, 0.6) is 0 Å². The van der Waals surface area contributed by atoms with Gasteiger partial charge >= 0.3 is 6.18 Å². The number of quaternary nitrogens is 1. The van der Waals surface area contributed by atoms with Crippen LogP contribution in [0.25, 0.3) is 0 Å². The number of hydrogen-bond donors (Lipinski definition) is 1. The monoisotopic (exact) mass is 351 g/mol. The van der Waals surface area contributed by atoms with E-state index in [1.807, 2.05) is 6.92 Å². The largest absolute Gasteiger partial charge is 0.416 e. The first-order valence-corrected chi connectivity index (χ1v) is 9.31. The van der Waals surface area contributed by atoms with Gasteiger partial charge in [-0.2, -0.15) is 17.5 Å². The summed E-state index contributed by atoms with van der Waals surface area (Å²) in [5, 5.41) is 0. The molecule has 0 radical (unpaired) electrons. The number of sulfonamides is 1. The van der Waals surface area contributed by atoms with Crippen molar-refractivity contribution in [2.24, 2.45) is 0 Å². The predicted octanol–water partition coefficient (Wildman–Crippen LogP) is 1.15. The maximum Gasteiger partial charge on any atom is 0.416 e. The molecule has 23 heavy (non-hydrogen) atoms. The van der Waals surface area contributed by atoms with Crippen molar-refractivity contribution in [3.8, 4) is 0 Å². The smallest absolute Gasteiger partial charge is 0.329 e. The molecule has 0 spiro atoms. The fourth-order valence-corrected chi connectivity index (χ4v) is 4.38. The summed E-state index contributed by atoms with van der Waals surface area (Å²) in [7, 11) is -3.22. The SMILES string of the molecule is CCCS(=O)(=O)N1CC[NH+](Cc2ccccc2C(F)(F)F)CC1. The van der Waals surface area contributed by atoms with Crippen LogP contribution in [0.15, 0.2) is 24.3 Å². The Labute approximate surface area is 134 Å². The molecule has 0 amide bonds. The molecule has 1 N–H and O–H groups in total. The lowest BCUT2D eigenvalue weighted by molar-refractivity contribution is -0.917. The molecular formula is C15H22F3N2O2S+. The Morgan fingerprint density at radius 1 is 1.17 bits per heavy atom. The van der Waals surface area contributed by atoms with Gasteiger partial charge in [0.25, 0.3) is 0 Å². The highest BCUT2D eigenvalue weighted by Gasteiger charge is 2.35. The Morgan fingerprint density at radius 3 is 2.35 bits per heavy atom. The van der Waals surface area contributed by atoms with Gasteiger partial charge in [0, 0.05) is 5.56 Å². The quantitative estimate of drug-likeness (QED) is 0.865. The predicted molar refractivity (Wildman–Crippen MR) is 81.5 cm³/mol. The number of nitrogens with one attached hydrogen (secondary N) is 1. The van der Waals surface area contributed by atoms with Crippen LogP contribution in [-0.2, 0) is 22.7 Å². The number of nitrogens with zero attached hydrogens (tertiary/aromatic N) is 1. The Kier molecular flexibility index (Phi) is 5.70. The van der Waals surface area contributed by atoms with Crippen LogP contribution >= 0.6 is 0 Å². The molecule has 0 aromatic heterocycles. The summed E-state index contributed by atoms with van der Waals surface area (Å²) in [6.07, 6.45) is -3.79. The molecule has 0 aliphatic carbocycles. The second-order valence-corrected chi connectivity index (χ2v) is 7.89. The van der Waals surface area contributed by atoms with Gasteiger partial charge in [0.2, 0.25) is 10.0 Å². The van der Waals surface area contributed by atoms with Crippen LogP contribution in [0.3, 0.4) is 0 Å². The van der Waals surface area contributed by atoms with Gasteiger partial charge < -0.3 is 4.90 Å². The number of hydrogen-bond acceptors (Lipinski definition) is 2. The summed E-state index contributed by atoms with van der Waals surface area (Å²) in [6.45, 7) is 3.85. The zero-order valence-electron chi connectivity index (χ0n) is 13.1. The van der Waals surface area contributed by atoms with E-state index in [4.69, 9.17) is 0 Å². The van der Waals surface area contributed by atoms with Crippen LogP contribution in [0.4, 0.5) is 13.2 Å². The van der Waals surface area contributed by atoms with E-state index in [0.29, 0.717) is 32.6 Å². The molecule has 1 aromatic rings. The van der Waals surface area contributed by atoms with Crippen LogP contribution < -0.4 is 4.90 Å². The maximum atomic E-state index is 13.0. The first-order chi connectivity index (χ1) is 10.7. The van der Waals surface area contributed by atoms with Crippen molar-refractivity contribution >= 4 is 10.0 Å². The summed E-state index contributed by atoms with van der Waals surface area (Å²) in [5.41, 5.74) is -0.339. The average molecular weight is 351 g/mol. The lowest BCUT2D eigenvalue weighted by Crippen LogP contribution is -3.13. The number of halogens is 3. The molecule has 0 saturated carbocycles. The van der Waals surface area contributed by atoms with Crippen LogP contribution in [0.2, 0.25) is 0 Å². The minimum absolute atomic E-state index is 0.124. The zero-order chi connectivity index (χ0) is 17.1. The van der Waals surface area contributed by atoms with Gasteiger partial charge in [-0.05, 0) is 12.5 Å². The third-order valence-corrected chi connectivity index (χ3v) is 6.12. The molecule has 1 aliphatic heterocycles. The minimum Gasteiger partial charge on any atom is -0.329 e. The molecule has 8 heteroatoms. The highest BCUT2D eigenvalue weighted by Crippen LogP contribution is 2.31. The van der Waals surface area contributed by atoms with Crippen molar-refractivity contribution in [3.05, 3.63) is 35.4 Å². The van der Waals surface area contributed by atoms with E-state index in [1.165, 1.54) is 16.4 Å². The molecule has 4 nitrogen and oxygen atoms in total. The van der Waals surface area contributed by atoms with Crippen molar-refractivity contribution in [2.75, 3.05) is 31.9 Å². The van der Waals surface area contributed by atoms with Crippen molar-refractivity contribution in [2.45, 2.75) is 26.1 Å². The summed E-state index contributed by atoms with van der Waals surface area (Å²) in [4.78, 5) is 0.977. The average Bonchev–Trinajstić information content (AvgIpc) is 2.47. The van der Waals surface area contributed by atoms with Gasteiger partial charge in [-0.1, -0.05) is 25.1 Å². The lowest BCUT2D eigenvalue weighted by atomic mass is 10.1.